The third kappa shape index (κ3) is 29.6. The van der Waals surface area contributed by atoms with Gasteiger partial charge in [-0.3, -0.25) is 9.29 Å². The Labute approximate surface area is 578 Å². The standard InChI is InChI=1S/C17H21N7OS.C11H10BN4OS2.C11H10N4OS.C7H8BClNOS.C7H10BN2OS.CH3F.Na.H/c1-12-7-13(11-23-3-5-24(6-4-23)17(25)19-2)8-15(21-12)22-16-20-10-14(9-18)26-16;1-7-2-8(6-17-19-12)3-10(15-7)16-11-14-5-9(4-13)18-11;1-7-2-8(6-16)3-10(14-7)15-11-13-5-9(4-12)17-11;2*1-5-2-6(4-11-12-8)3-7(9)10-5;1-2;;/h7-8,10H,3-6,11H2,1-2H3,(H,19,25)(H,20,21,22);2-3,5,12H,6H2,1H3,(H,14,15,16);2-3,5,16H,6H2,1H3,(H,13,14,15);2-3,8H,4H2,1H3;2-3,8H,4H2,1H3,(H2,9,10);1H3;;/q;;;;;;+1;-1/i;12T;;2*8T;;;. The van der Waals surface area contributed by atoms with Gasteiger partial charge in [-0.15, -0.1) is 0 Å². The molecular weight excluding hydrogens is 1280 g/mol. The number of pyridine rings is 5. The Morgan fingerprint density at radius 2 is 1.01 bits per heavy atom. The predicted molar refractivity (Wildman–Crippen MR) is 359 cm³/mol. The molecule has 0 bridgehead atoms. The second-order valence-corrected chi connectivity index (χ2v) is 22.6. The number of anilines is 7. The maximum atomic E-state index is 11.7. The number of halogens is 2. The van der Waals surface area contributed by atoms with Gasteiger partial charge in [0.1, 0.15) is 61.3 Å². The number of hydrogen-bond donors (Lipinski definition) is 6. The van der Waals surface area contributed by atoms with Gasteiger partial charge in [0.05, 0.1) is 52.2 Å². The maximum absolute atomic E-state index is 11.7. The van der Waals surface area contributed by atoms with Crippen LogP contribution in [0.1, 0.15) is 72.3 Å². The van der Waals surface area contributed by atoms with Crippen LogP contribution in [0.5, 0.6) is 0 Å². The molecule has 3 radical (unpaired) electrons. The summed E-state index contributed by atoms with van der Waals surface area (Å²) in [5.74, 6) is 2.50. The number of nitrogens with zero attached hydrogens (tertiary/aromatic N) is 13. The van der Waals surface area contributed by atoms with Crippen molar-refractivity contribution in [2.75, 3.05) is 62.1 Å². The van der Waals surface area contributed by atoms with Gasteiger partial charge in [-0.25, -0.2) is 44.7 Å². The molecule has 1 saturated heterocycles. The Balaban J connectivity index is 0.000000401. The van der Waals surface area contributed by atoms with Gasteiger partial charge in [0.2, 0.25) is 21.3 Å². The molecule has 1 fully saturated rings. The summed E-state index contributed by atoms with van der Waals surface area (Å²) < 4.78 is 45.2. The molecule has 459 valence electrons. The summed E-state index contributed by atoms with van der Waals surface area (Å²) in [5.41, 5.74) is 14.7. The Kier molecular flexibility index (Phi) is 34.6. The van der Waals surface area contributed by atoms with E-state index in [0.717, 1.165) is 152 Å². The molecule has 0 aromatic carbocycles. The Morgan fingerprint density at radius 3 is 1.39 bits per heavy atom. The summed E-state index contributed by atoms with van der Waals surface area (Å²) in [4.78, 5) is 51.0. The van der Waals surface area contributed by atoms with Crippen molar-refractivity contribution in [3.05, 3.63) is 155 Å². The average molecular weight is 1350 g/mol. The molecule has 1 aliphatic rings. The summed E-state index contributed by atoms with van der Waals surface area (Å²) in [6.07, 6.45) is 4.58. The van der Waals surface area contributed by atoms with Gasteiger partial charge in [-0.1, -0.05) is 81.3 Å². The zero-order chi connectivity index (χ0) is 66.5. The number of carbonyl (C=O) groups is 1. The first kappa shape index (κ1) is 71.9. The first-order valence-corrected chi connectivity index (χ1v) is 31.0. The van der Waals surface area contributed by atoms with Crippen molar-refractivity contribution in [3.63, 3.8) is 0 Å². The summed E-state index contributed by atoms with van der Waals surface area (Å²) in [6, 6.07) is 24.8. The number of hydrogen-bond acceptors (Lipinski definition) is 27. The number of nitrogen functional groups attached to an aromatic ring is 1. The van der Waals surface area contributed by atoms with Gasteiger partial charge in [-0.05, 0) is 127 Å². The molecule has 7 N–H and O–H groups in total. The minimum absolute atomic E-state index is 0. The fourth-order valence-corrected chi connectivity index (χ4v) is 10.4. The number of piperazine rings is 1. The van der Waals surface area contributed by atoms with Gasteiger partial charge in [0.25, 0.3) is 0 Å². The number of nitrogens with two attached hydrogens (primary N) is 1. The normalized spacial score (nSPS) is 11.5. The van der Waals surface area contributed by atoms with Gasteiger partial charge in [-0.2, -0.15) is 15.8 Å². The molecule has 2 amide bonds. The summed E-state index contributed by atoms with van der Waals surface area (Å²) in [7, 11) is 5.56. The molecule has 8 aromatic heterocycles. The first-order chi connectivity index (χ1) is 43.9. The number of rotatable bonds is 21. The fourth-order valence-electron chi connectivity index (χ4n) is 7.62. The molecule has 23 nitrogen and oxygen atoms in total. The van der Waals surface area contributed by atoms with E-state index in [1.165, 1.54) is 46.4 Å². The second-order valence-electron chi connectivity index (χ2n) is 17.8. The van der Waals surface area contributed by atoms with Crippen molar-refractivity contribution in [3.8, 4) is 18.2 Å². The Hall–Kier alpha value is -6.16. The molecule has 35 heteroatoms. The van der Waals surface area contributed by atoms with E-state index in [0.29, 0.717) is 79.6 Å². The fraction of sp³-hybridized carbons (Fsp3) is 0.296. The molecular formula is C54H63B3ClFN18NaO5S6. The van der Waals surface area contributed by atoms with Crippen molar-refractivity contribution in [1.29, 1.82) is 19.8 Å². The van der Waals surface area contributed by atoms with Crippen LogP contribution < -0.4 is 56.6 Å². The average Bonchev–Trinajstić information content (AvgIpc) is 2.01. The van der Waals surface area contributed by atoms with Crippen molar-refractivity contribution < 1.29 is 57.8 Å². The molecule has 89 heavy (non-hydrogen) atoms. The van der Waals surface area contributed by atoms with Crippen LogP contribution in [-0.2, 0) is 45.5 Å². The number of alkyl halides is 1. The Bertz CT molecular complexity index is 3580. The van der Waals surface area contributed by atoms with Crippen LogP contribution in [0.4, 0.5) is 47.9 Å². The third-order valence-corrected chi connectivity index (χ3v) is 14.4. The van der Waals surface area contributed by atoms with Crippen LogP contribution in [0.25, 0.3) is 0 Å². The van der Waals surface area contributed by atoms with Crippen LogP contribution in [-0.4, -0.2) is 126 Å². The summed E-state index contributed by atoms with van der Waals surface area (Å²) >= 11 is 12.5. The van der Waals surface area contributed by atoms with Crippen molar-refractivity contribution in [2.24, 2.45) is 0 Å². The number of carbonyl (C=O) groups excluding carboxylic acids is 1. The largest absolute Gasteiger partial charge is 1.00 e. The van der Waals surface area contributed by atoms with E-state index < -0.39 is 0 Å². The van der Waals surface area contributed by atoms with Gasteiger partial charge in [0.15, 0.2) is 15.4 Å². The number of aliphatic hydroxyl groups is 1. The van der Waals surface area contributed by atoms with E-state index in [1.807, 2.05) is 88.1 Å². The molecule has 8 aromatic rings. The molecule has 0 aliphatic carbocycles. The number of aryl methyl sites for hydroxylation is 5. The first-order valence-electron chi connectivity index (χ1n) is 27.5. The molecule has 0 saturated carbocycles. The van der Waals surface area contributed by atoms with E-state index in [-0.39, 0.29) is 43.6 Å². The maximum Gasteiger partial charge on any atom is 1.00 e. The van der Waals surface area contributed by atoms with E-state index in [2.05, 4.69) is 78.2 Å². The number of thiazole rings is 3. The zero-order valence-electron chi connectivity index (χ0n) is 53.8. The number of amides is 2. The number of nitriles is 3. The number of nitrogens with one attached hydrogen (secondary N) is 4. The van der Waals surface area contributed by atoms with Crippen molar-refractivity contribution in [2.45, 2.75) is 67.6 Å². The van der Waals surface area contributed by atoms with Gasteiger partial charge in [0, 0.05) is 68.2 Å². The van der Waals surface area contributed by atoms with Crippen LogP contribution in [0, 0.1) is 68.6 Å². The van der Waals surface area contributed by atoms with Crippen LogP contribution in [0.2, 0.25) is 5.15 Å². The van der Waals surface area contributed by atoms with E-state index in [1.54, 1.807) is 31.4 Å². The summed E-state index contributed by atoms with van der Waals surface area (Å²) in [5, 5.41) is 49.7. The molecule has 1 aliphatic heterocycles. The minimum Gasteiger partial charge on any atom is -1.00 e. The SMILES string of the molecule is CF.CNC(=O)N1CCN(Cc2cc(C)nc(Nc3ncc(C#N)s3)c2)CC1.Cc1cc(CO)cc(Nc2ncc(C#N)s2)n1.[3H][B]SOCc1cc(C)nc(Cl)c1.[3H][B]SOCc1cc(C)nc(N)c1.[3H][B]SOCc1cc(C)nc(Nc2ncc(C#N)s2)c1.[H-].[Na+]. The number of aliphatic hydroxyl groups excluding tert-OH is 1. The molecule has 0 spiro atoms. The predicted octanol–water partition coefficient (Wildman–Crippen LogP) is 6.99. The van der Waals surface area contributed by atoms with Crippen molar-refractivity contribution >= 4 is 147 Å². The zero-order valence-corrected chi connectivity index (χ0v) is 57.4. The molecule has 9 rings (SSSR count). The van der Waals surface area contributed by atoms with Crippen LogP contribution in [0.3, 0.4) is 0 Å². The van der Waals surface area contributed by atoms with Crippen molar-refractivity contribution in [1.82, 2.24) is 55.0 Å². The quantitative estimate of drug-likeness (QED) is 0.0183. The molecule has 9 heterocycles. The Morgan fingerprint density at radius 1 is 0.640 bits per heavy atom. The topological polar surface area (TPSA) is 320 Å². The van der Waals surface area contributed by atoms with E-state index in [9.17, 15) is 9.18 Å². The minimum atomic E-state index is -0.0284. The third-order valence-electron chi connectivity index (χ3n) is 11.0. The van der Waals surface area contributed by atoms with E-state index >= 15 is 0 Å². The van der Waals surface area contributed by atoms with Crippen LogP contribution in [0.15, 0.2) is 79.3 Å². The molecule has 0 unspecified atom stereocenters. The van der Waals surface area contributed by atoms with Gasteiger partial charge >= 0.3 is 35.6 Å². The smallest absolute Gasteiger partial charge is 1.00 e. The number of aromatic nitrogens is 8. The van der Waals surface area contributed by atoms with E-state index in [4.69, 9.17) is 54.8 Å². The second kappa shape index (κ2) is 42.8. The number of urea groups is 1. The summed E-state index contributed by atoms with van der Waals surface area (Å²) in [6.45, 7) is 14.6. The van der Waals surface area contributed by atoms with Gasteiger partial charge < -0.3 is 51.0 Å². The monoisotopic (exact) mass is 1350 g/mol. The molecule has 0 atom stereocenters. The van der Waals surface area contributed by atoms with Crippen LogP contribution >= 0.6 is 81.3 Å².